The maximum Gasteiger partial charge on any atom is 0.272 e. The van der Waals surface area contributed by atoms with Crippen LogP contribution in [0.15, 0.2) is 18.2 Å². The van der Waals surface area contributed by atoms with Gasteiger partial charge in [-0.1, -0.05) is 12.1 Å². The number of ether oxygens (including phenoxy) is 1. The topological polar surface area (TPSA) is 75.8 Å². The van der Waals surface area contributed by atoms with Gasteiger partial charge in [0, 0.05) is 31.3 Å². The number of fused-ring (bicyclic) bond motifs is 1. The molecule has 0 spiro atoms. The molecule has 0 radical (unpaired) electrons. The van der Waals surface area contributed by atoms with E-state index >= 15 is 0 Å². The molecule has 0 aromatic heterocycles. The number of hydrogen-bond donors (Lipinski definition) is 1. The summed E-state index contributed by atoms with van der Waals surface area (Å²) in [7, 11) is 0. The monoisotopic (exact) mass is 294 g/mol. The van der Waals surface area contributed by atoms with Gasteiger partial charge in [0.1, 0.15) is 0 Å². The molecular weight excluding hydrogens is 272 g/mol. The molecule has 0 saturated heterocycles. The van der Waals surface area contributed by atoms with Crippen LogP contribution in [0.2, 0.25) is 0 Å². The van der Waals surface area contributed by atoms with Crippen LogP contribution in [0.25, 0.3) is 0 Å². The molecular formula is C15H22N2O4. The van der Waals surface area contributed by atoms with Crippen molar-refractivity contribution in [2.75, 3.05) is 19.7 Å². The van der Waals surface area contributed by atoms with Crippen molar-refractivity contribution < 1.29 is 14.8 Å². The van der Waals surface area contributed by atoms with Crippen molar-refractivity contribution in [3.8, 4) is 0 Å². The van der Waals surface area contributed by atoms with Gasteiger partial charge in [-0.15, -0.1) is 0 Å². The third kappa shape index (κ3) is 4.23. The normalized spacial score (nSPS) is 16.8. The summed E-state index contributed by atoms with van der Waals surface area (Å²) >= 11 is 0. The van der Waals surface area contributed by atoms with E-state index in [-0.39, 0.29) is 16.7 Å². The third-order valence-corrected chi connectivity index (χ3v) is 3.61. The van der Waals surface area contributed by atoms with Crippen LogP contribution in [0.3, 0.4) is 0 Å². The van der Waals surface area contributed by atoms with Crippen LogP contribution in [-0.4, -0.2) is 46.8 Å². The summed E-state index contributed by atoms with van der Waals surface area (Å²) in [6.07, 6.45) is 0.210. The van der Waals surface area contributed by atoms with E-state index < -0.39 is 6.10 Å². The summed E-state index contributed by atoms with van der Waals surface area (Å²) in [5.74, 6) is 0. The second kappa shape index (κ2) is 6.98. The highest BCUT2D eigenvalue weighted by molar-refractivity contribution is 5.46. The number of nitrogens with zero attached hydrogens (tertiary/aromatic N) is 2. The van der Waals surface area contributed by atoms with Crippen molar-refractivity contribution in [3.63, 3.8) is 0 Å². The van der Waals surface area contributed by atoms with Gasteiger partial charge < -0.3 is 9.84 Å². The maximum atomic E-state index is 11.0. The summed E-state index contributed by atoms with van der Waals surface area (Å²) in [5.41, 5.74) is 2.01. The van der Waals surface area contributed by atoms with Gasteiger partial charge >= 0.3 is 0 Å². The highest BCUT2D eigenvalue weighted by Crippen LogP contribution is 2.27. The molecule has 6 heteroatoms. The molecule has 21 heavy (non-hydrogen) atoms. The fourth-order valence-electron chi connectivity index (χ4n) is 2.63. The van der Waals surface area contributed by atoms with Gasteiger partial charge in [0.25, 0.3) is 5.69 Å². The molecule has 1 heterocycles. The van der Waals surface area contributed by atoms with Crippen LogP contribution < -0.4 is 0 Å². The van der Waals surface area contributed by atoms with E-state index in [1.807, 2.05) is 19.9 Å². The van der Waals surface area contributed by atoms with Crippen molar-refractivity contribution >= 4 is 5.69 Å². The molecule has 1 atom stereocenters. The molecule has 1 aliphatic rings. The number of aliphatic hydroxyl groups excluding tert-OH is 1. The van der Waals surface area contributed by atoms with Crippen molar-refractivity contribution in [1.82, 2.24) is 4.90 Å². The zero-order chi connectivity index (χ0) is 15.4. The maximum absolute atomic E-state index is 11.0. The zero-order valence-corrected chi connectivity index (χ0v) is 12.5. The number of nitro benzene ring substituents is 1. The summed E-state index contributed by atoms with van der Waals surface area (Å²) in [6, 6.07) is 5.20. The minimum absolute atomic E-state index is 0.101. The molecule has 6 nitrogen and oxygen atoms in total. The number of aliphatic hydroxyl groups is 1. The Balaban J connectivity index is 1.97. The first-order valence-corrected chi connectivity index (χ1v) is 7.24. The molecule has 1 N–H and O–H groups in total. The Morgan fingerprint density at radius 3 is 2.90 bits per heavy atom. The lowest BCUT2D eigenvalue weighted by molar-refractivity contribution is -0.385. The van der Waals surface area contributed by atoms with Crippen molar-refractivity contribution in [2.45, 2.75) is 39.0 Å². The largest absolute Gasteiger partial charge is 0.389 e. The van der Waals surface area contributed by atoms with Crippen LogP contribution in [0, 0.1) is 10.1 Å². The fraction of sp³-hybridized carbons (Fsp3) is 0.600. The van der Waals surface area contributed by atoms with E-state index in [0.717, 1.165) is 17.7 Å². The molecule has 1 aliphatic heterocycles. The summed E-state index contributed by atoms with van der Waals surface area (Å²) in [5, 5.41) is 21.0. The second-order valence-electron chi connectivity index (χ2n) is 5.69. The van der Waals surface area contributed by atoms with Gasteiger partial charge in [-0.2, -0.15) is 0 Å². The van der Waals surface area contributed by atoms with Crippen LogP contribution in [-0.2, 0) is 17.7 Å². The molecule has 0 bridgehead atoms. The first-order chi connectivity index (χ1) is 9.97. The quantitative estimate of drug-likeness (QED) is 0.639. The summed E-state index contributed by atoms with van der Waals surface area (Å²) in [4.78, 5) is 12.8. The Morgan fingerprint density at radius 2 is 2.24 bits per heavy atom. The van der Waals surface area contributed by atoms with Crippen LogP contribution >= 0.6 is 0 Å². The molecule has 0 fully saturated rings. The van der Waals surface area contributed by atoms with Crippen LogP contribution in [0.4, 0.5) is 5.69 Å². The lowest BCUT2D eigenvalue weighted by atomic mass is 9.97. The van der Waals surface area contributed by atoms with Gasteiger partial charge in [0.2, 0.25) is 0 Å². The molecule has 2 rings (SSSR count). The molecule has 0 amide bonds. The first kappa shape index (κ1) is 15.9. The Kier molecular flexibility index (Phi) is 5.27. The summed E-state index contributed by atoms with van der Waals surface area (Å²) < 4.78 is 5.40. The lowest BCUT2D eigenvalue weighted by Gasteiger charge is -2.30. The van der Waals surface area contributed by atoms with E-state index in [2.05, 4.69) is 4.90 Å². The summed E-state index contributed by atoms with van der Waals surface area (Å²) in [6.45, 7) is 6.06. The Hall–Kier alpha value is -1.50. The van der Waals surface area contributed by atoms with E-state index in [9.17, 15) is 15.2 Å². The SMILES string of the molecule is CC(C)OCC(O)CN1CCc2c(cccc2[N+](=O)[O-])C1. The average molecular weight is 294 g/mol. The molecule has 1 unspecified atom stereocenters. The third-order valence-electron chi connectivity index (χ3n) is 3.61. The highest BCUT2D eigenvalue weighted by Gasteiger charge is 2.24. The van der Waals surface area contributed by atoms with Gasteiger partial charge in [-0.05, 0) is 25.8 Å². The highest BCUT2D eigenvalue weighted by atomic mass is 16.6. The Labute approximate surface area is 124 Å². The number of hydrogen-bond acceptors (Lipinski definition) is 5. The van der Waals surface area contributed by atoms with E-state index in [0.29, 0.717) is 26.1 Å². The van der Waals surface area contributed by atoms with Crippen molar-refractivity contribution in [3.05, 3.63) is 39.4 Å². The number of benzene rings is 1. The predicted octanol–water partition coefficient (Wildman–Crippen LogP) is 1.74. The standard InChI is InChI=1S/C15H22N2O4/c1-11(2)21-10-13(18)9-16-7-6-14-12(8-16)4-3-5-15(14)17(19)20/h3-5,11,13,18H,6-10H2,1-2H3. The Bertz CT molecular complexity index is 504. The molecule has 1 aromatic carbocycles. The molecule has 116 valence electrons. The van der Waals surface area contributed by atoms with Crippen molar-refractivity contribution in [2.24, 2.45) is 0 Å². The van der Waals surface area contributed by atoms with Crippen LogP contribution in [0.5, 0.6) is 0 Å². The van der Waals surface area contributed by atoms with Gasteiger partial charge in [-0.3, -0.25) is 15.0 Å². The predicted molar refractivity (Wildman–Crippen MR) is 79.2 cm³/mol. The molecule has 0 saturated carbocycles. The van der Waals surface area contributed by atoms with Crippen LogP contribution in [0.1, 0.15) is 25.0 Å². The first-order valence-electron chi connectivity index (χ1n) is 7.24. The van der Waals surface area contributed by atoms with Gasteiger partial charge in [0.05, 0.1) is 23.7 Å². The lowest BCUT2D eigenvalue weighted by Crippen LogP contribution is -2.38. The molecule has 0 aliphatic carbocycles. The van der Waals surface area contributed by atoms with E-state index in [1.165, 1.54) is 0 Å². The van der Waals surface area contributed by atoms with E-state index in [1.54, 1.807) is 12.1 Å². The Morgan fingerprint density at radius 1 is 1.48 bits per heavy atom. The van der Waals surface area contributed by atoms with Gasteiger partial charge in [-0.25, -0.2) is 0 Å². The number of rotatable bonds is 6. The zero-order valence-electron chi connectivity index (χ0n) is 12.5. The minimum atomic E-state index is -0.535. The number of nitro groups is 1. The molecule has 1 aromatic rings. The van der Waals surface area contributed by atoms with E-state index in [4.69, 9.17) is 4.74 Å². The average Bonchev–Trinajstić information content (AvgIpc) is 2.44. The minimum Gasteiger partial charge on any atom is -0.389 e. The number of β-amino-alcohol motifs (C(OH)–C–C–N with tert-alkyl or cyclic N) is 1. The smallest absolute Gasteiger partial charge is 0.272 e. The second-order valence-corrected chi connectivity index (χ2v) is 5.69. The van der Waals surface area contributed by atoms with Crippen molar-refractivity contribution in [1.29, 1.82) is 0 Å². The fourth-order valence-corrected chi connectivity index (χ4v) is 2.63. The van der Waals surface area contributed by atoms with Gasteiger partial charge in [0.15, 0.2) is 0 Å².